The minimum Gasteiger partial charge on any atom is -0.505 e. The number of Topliss-reactive ketones (excluding diaryl/α,β-unsaturated/α-hetero) is 1. The lowest BCUT2D eigenvalue weighted by molar-refractivity contribution is -0.149. The Kier molecular flexibility index (Phi) is 6.27. The minimum atomic E-state index is -1.18. The molecule has 0 saturated carbocycles. The van der Waals surface area contributed by atoms with Crippen LogP contribution in [0.1, 0.15) is 5.56 Å². The number of aliphatic hydroxyl groups excluding tert-OH is 1. The zero-order valence-electron chi connectivity index (χ0n) is 12.9. The SMILES string of the molecule is COC(=O)C(=O)/C(N=Nc1ccc(Cl)cc1)=C(\O)c1ccc(Cl)cc1. The van der Waals surface area contributed by atoms with Gasteiger partial charge in [-0.1, -0.05) is 23.2 Å². The zero-order valence-corrected chi connectivity index (χ0v) is 14.5. The first-order valence-corrected chi connectivity index (χ1v) is 7.67. The maximum absolute atomic E-state index is 12.1. The fourth-order valence-corrected chi connectivity index (χ4v) is 2.00. The molecule has 0 unspecified atom stereocenters. The van der Waals surface area contributed by atoms with Crippen LogP contribution in [0, 0.1) is 0 Å². The number of esters is 1. The van der Waals surface area contributed by atoms with E-state index >= 15 is 0 Å². The van der Waals surface area contributed by atoms with E-state index in [4.69, 9.17) is 23.2 Å². The van der Waals surface area contributed by atoms with E-state index in [-0.39, 0.29) is 5.56 Å². The molecule has 2 aromatic carbocycles. The van der Waals surface area contributed by atoms with Crippen LogP contribution >= 0.6 is 23.2 Å². The molecule has 0 saturated heterocycles. The number of carbonyl (C=O) groups is 2. The van der Waals surface area contributed by atoms with Gasteiger partial charge < -0.3 is 9.84 Å². The van der Waals surface area contributed by atoms with Crippen molar-refractivity contribution in [1.82, 2.24) is 0 Å². The van der Waals surface area contributed by atoms with Crippen molar-refractivity contribution >= 4 is 46.4 Å². The van der Waals surface area contributed by atoms with Crippen molar-refractivity contribution in [1.29, 1.82) is 0 Å². The van der Waals surface area contributed by atoms with Gasteiger partial charge in [0.25, 0.3) is 5.78 Å². The van der Waals surface area contributed by atoms with Crippen LogP contribution in [0.3, 0.4) is 0 Å². The highest BCUT2D eigenvalue weighted by Gasteiger charge is 2.24. The molecule has 0 bridgehead atoms. The molecule has 0 aliphatic heterocycles. The summed E-state index contributed by atoms with van der Waals surface area (Å²) in [6, 6.07) is 12.3. The summed E-state index contributed by atoms with van der Waals surface area (Å²) in [7, 11) is 1.05. The Morgan fingerprint density at radius 1 is 0.960 bits per heavy atom. The molecular formula is C17H12Cl2N2O4. The molecule has 0 aliphatic rings. The highest BCUT2D eigenvalue weighted by Crippen LogP contribution is 2.23. The molecule has 1 N–H and O–H groups in total. The molecule has 0 heterocycles. The third-order valence-corrected chi connectivity index (χ3v) is 3.52. The van der Waals surface area contributed by atoms with Gasteiger partial charge in [0.1, 0.15) is 0 Å². The fraction of sp³-hybridized carbons (Fsp3) is 0.0588. The van der Waals surface area contributed by atoms with Gasteiger partial charge in [-0.05, 0) is 48.5 Å². The predicted molar refractivity (Wildman–Crippen MR) is 94.0 cm³/mol. The summed E-state index contributed by atoms with van der Waals surface area (Å²) in [5.41, 5.74) is 0.0688. The standard InChI is InChI=1S/C17H12Cl2N2O4/c1-25-17(24)16(23)14(15(22)10-2-4-11(18)5-3-10)21-20-13-8-6-12(19)7-9-13/h2-9,22H,1H3/b15-14+,21-20?. The first-order chi connectivity index (χ1) is 11.9. The summed E-state index contributed by atoms with van der Waals surface area (Å²) >= 11 is 11.6. The van der Waals surface area contributed by atoms with Gasteiger partial charge in [0.15, 0.2) is 11.5 Å². The number of ketones is 1. The van der Waals surface area contributed by atoms with Crippen molar-refractivity contribution in [3.05, 3.63) is 69.8 Å². The van der Waals surface area contributed by atoms with Crippen LogP contribution in [0.25, 0.3) is 5.76 Å². The van der Waals surface area contributed by atoms with Gasteiger partial charge in [0, 0.05) is 15.6 Å². The number of nitrogens with zero attached hydrogens (tertiary/aromatic N) is 2. The van der Waals surface area contributed by atoms with Crippen molar-refractivity contribution in [3.8, 4) is 0 Å². The van der Waals surface area contributed by atoms with E-state index in [1.54, 1.807) is 24.3 Å². The average molecular weight is 379 g/mol. The molecule has 0 aliphatic carbocycles. The number of benzene rings is 2. The first-order valence-electron chi connectivity index (χ1n) is 6.91. The summed E-state index contributed by atoms with van der Waals surface area (Å²) in [5, 5.41) is 18.9. The smallest absolute Gasteiger partial charge is 0.381 e. The van der Waals surface area contributed by atoms with E-state index in [0.717, 1.165) is 7.11 Å². The Morgan fingerprint density at radius 2 is 1.48 bits per heavy atom. The Labute approximate surface area is 153 Å². The predicted octanol–water partition coefficient (Wildman–Crippen LogP) is 4.75. The van der Waals surface area contributed by atoms with E-state index in [1.807, 2.05) is 0 Å². The number of ether oxygens (including phenoxy) is 1. The van der Waals surface area contributed by atoms with Gasteiger partial charge in [-0.15, -0.1) is 5.11 Å². The molecular weight excluding hydrogens is 367 g/mol. The molecule has 0 fully saturated rings. The molecule has 6 nitrogen and oxygen atoms in total. The van der Waals surface area contributed by atoms with E-state index in [2.05, 4.69) is 15.0 Å². The second-order valence-corrected chi connectivity index (χ2v) is 5.57. The number of hydrogen-bond donors (Lipinski definition) is 1. The summed E-state index contributed by atoms with van der Waals surface area (Å²) in [4.78, 5) is 23.7. The van der Waals surface area contributed by atoms with Crippen LogP contribution in [-0.4, -0.2) is 24.0 Å². The summed E-state index contributed by atoms with van der Waals surface area (Å²) in [5.74, 6) is -2.83. The lowest BCUT2D eigenvalue weighted by atomic mass is 10.1. The second-order valence-electron chi connectivity index (χ2n) is 4.70. The van der Waals surface area contributed by atoms with E-state index in [9.17, 15) is 14.7 Å². The van der Waals surface area contributed by atoms with Crippen LogP contribution < -0.4 is 0 Å². The molecule has 0 spiro atoms. The number of halogens is 2. The number of carbonyl (C=O) groups excluding carboxylic acids is 2. The van der Waals surface area contributed by atoms with Gasteiger partial charge >= 0.3 is 5.97 Å². The molecule has 128 valence electrons. The van der Waals surface area contributed by atoms with Crippen molar-refractivity contribution < 1.29 is 19.4 Å². The summed E-state index contributed by atoms with van der Waals surface area (Å²) in [6.45, 7) is 0. The third kappa shape index (κ3) is 4.89. The maximum Gasteiger partial charge on any atom is 0.381 e. The number of rotatable bonds is 5. The van der Waals surface area contributed by atoms with Crippen LogP contribution in [0.15, 0.2) is 64.5 Å². The molecule has 0 aromatic heterocycles. The molecule has 2 aromatic rings. The Hall–Kier alpha value is -2.70. The van der Waals surface area contributed by atoms with Crippen LogP contribution in [0.5, 0.6) is 0 Å². The maximum atomic E-state index is 12.1. The van der Waals surface area contributed by atoms with Gasteiger partial charge in [-0.3, -0.25) is 4.79 Å². The third-order valence-electron chi connectivity index (χ3n) is 3.02. The van der Waals surface area contributed by atoms with Gasteiger partial charge in [0.05, 0.1) is 12.8 Å². The topological polar surface area (TPSA) is 88.3 Å². The van der Waals surface area contributed by atoms with Gasteiger partial charge in [0.2, 0.25) is 0 Å². The number of methoxy groups -OCH3 is 1. The monoisotopic (exact) mass is 378 g/mol. The molecule has 8 heteroatoms. The van der Waals surface area contributed by atoms with Gasteiger partial charge in [-0.25, -0.2) is 4.79 Å². The van der Waals surface area contributed by atoms with Gasteiger partial charge in [-0.2, -0.15) is 5.11 Å². The van der Waals surface area contributed by atoms with E-state index in [0.29, 0.717) is 15.7 Å². The highest BCUT2D eigenvalue weighted by atomic mass is 35.5. The Balaban J connectivity index is 2.47. The quantitative estimate of drug-likeness (QED) is 0.267. The second kappa shape index (κ2) is 8.41. The van der Waals surface area contributed by atoms with Crippen molar-refractivity contribution in [2.45, 2.75) is 0 Å². The average Bonchev–Trinajstić information content (AvgIpc) is 2.62. The molecule has 0 radical (unpaired) electrons. The number of azo groups is 1. The zero-order chi connectivity index (χ0) is 18.4. The fourth-order valence-electron chi connectivity index (χ4n) is 1.75. The van der Waals surface area contributed by atoms with Crippen LogP contribution in [0.2, 0.25) is 10.0 Å². The summed E-state index contributed by atoms with van der Waals surface area (Å²) < 4.78 is 4.39. The van der Waals surface area contributed by atoms with E-state index in [1.165, 1.54) is 24.3 Å². The largest absolute Gasteiger partial charge is 0.505 e. The number of hydrogen-bond acceptors (Lipinski definition) is 6. The molecule has 25 heavy (non-hydrogen) atoms. The Morgan fingerprint density at radius 3 is 2.00 bits per heavy atom. The number of aliphatic hydroxyl groups is 1. The lowest BCUT2D eigenvalue weighted by Gasteiger charge is -2.05. The lowest BCUT2D eigenvalue weighted by Crippen LogP contribution is -2.18. The van der Waals surface area contributed by atoms with Crippen LogP contribution in [-0.2, 0) is 14.3 Å². The van der Waals surface area contributed by atoms with E-state index < -0.39 is 23.2 Å². The summed E-state index contributed by atoms with van der Waals surface area (Å²) in [6.07, 6.45) is 0. The molecule has 2 rings (SSSR count). The van der Waals surface area contributed by atoms with Crippen molar-refractivity contribution in [2.75, 3.05) is 7.11 Å². The first kappa shape index (κ1) is 18.6. The van der Waals surface area contributed by atoms with Crippen molar-refractivity contribution in [3.63, 3.8) is 0 Å². The minimum absolute atomic E-state index is 0.242. The normalized spacial score (nSPS) is 12.0. The highest BCUT2D eigenvalue weighted by molar-refractivity contribution is 6.41. The van der Waals surface area contributed by atoms with Crippen molar-refractivity contribution in [2.24, 2.45) is 10.2 Å². The molecule has 0 amide bonds. The van der Waals surface area contributed by atoms with Crippen LogP contribution in [0.4, 0.5) is 5.69 Å². The molecule has 0 atom stereocenters. The Bertz CT molecular complexity index is 844.